The van der Waals surface area contributed by atoms with Crippen LogP contribution < -0.4 is 0 Å². The van der Waals surface area contributed by atoms with E-state index in [1.54, 1.807) is 0 Å². The molecule has 0 unspecified atom stereocenters. The molecule has 0 radical (unpaired) electrons. The highest BCUT2D eigenvalue weighted by Gasteiger charge is 2.45. The van der Waals surface area contributed by atoms with Crippen LogP contribution in [0.2, 0.25) is 0 Å². The molecule has 14 heavy (non-hydrogen) atoms. The normalized spacial score (nSPS) is 38.2. The first-order valence-electron chi connectivity index (χ1n) is 5.30. The number of carbonyl (C=O) groups excluding carboxylic acids is 2. The lowest BCUT2D eigenvalue weighted by atomic mass is 9.59. The Balaban J connectivity index is 2.18. The summed E-state index contributed by atoms with van der Waals surface area (Å²) < 4.78 is 0. The van der Waals surface area contributed by atoms with E-state index in [1.165, 1.54) is 0 Å². The van der Waals surface area contributed by atoms with Crippen LogP contribution in [0.1, 0.15) is 38.5 Å². The lowest BCUT2D eigenvalue weighted by Crippen LogP contribution is -2.44. The van der Waals surface area contributed by atoms with E-state index < -0.39 is 0 Å². The molecule has 2 aliphatic carbocycles. The van der Waals surface area contributed by atoms with Crippen LogP contribution in [0.15, 0.2) is 0 Å². The Morgan fingerprint density at radius 2 is 1.64 bits per heavy atom. The van der Waals surface area contributed by atoms with Gasteiger partial charge < -0.3 is 5.11 Å². The Labute approximate surface area is 83.5 Å². The van der Waals surface area contributed by atoms with Crippen LogP contribution in [0.4, 0.5) is 0 Å². The minimum absolute atomic E-state index is 0.109. The number of Topliss-reactive ketones (excluding diaryl/α,β-unsaturated/α-hetero) is 2. The summed E-state index contributed by atoms with van der Waals surface area (Å²) in [5.41, 5.74) is -0.109. The highest BCUT2D eigenvalue weighted by molar-refractivity contribution is 5.84. The summed E-state index contributed by atoms with van der Waals surface area (Å²) in [6, 6.07) is 0. The Kier molecular flexibility index (Phi) is 2.43. The molecule has 0 aromatic rings. The van der Waals surface area contributed by atoms with Crippen molar-refractivity contribution in [3.05, 3.63) is 0 Å². The van der Waals surface area contributed by atoms with Crippen LogP contribution >= 0.6 is 0 Å². The summed E-state index contributed by atoms with van der Waals surface area (Å²) in [6.07, 6.45) is 3.75. The van der Waals surface area contributed by atoms with Crippen LogP contribution in [-0.4, -0.2) is 23.3 Å². The van der Waals surface area contributed by atoms with Gasteiger partial charge in [-0.2, -0.15) is 0 Å². The van der Waals surface area contributed by atoms with Gasteiger partial charge in [0.25, 0.3) is 0 Å². The van der Waals surface area contributed by atoms with Crippen molar-refractivity contribution in [3.8, 4) is 0 Å². The maximum Gasteiger partial charge on any atom is 0.133 e. The largest absolute Gasteiger partial charge is 0.396 e. The molecule has 0 aromatic carbocycles. The maximum absolute atomic E-state index is 11.3. The van der Waals surface area contributed by atoms with Gasteiger partial charge in [0.05, 0.1) is 0 Å². The first-order chi connectivity index (χ1) is 6.66. The van der Waals surface area contributed by atoms with Crippen molar-refractivity contribution in [2.24, 2.45) is 11.3 Å². The molecule has 0 spiro atoms. The van der Waals surface area contributed by atoms with Crippen molar-refractivity contribution in [3.63, 3.8) is 0 Å². The molecule has 0 amide bonds. The lowest BCUT2D eigenvalue weighted by molar-refractivity contribution is -0.135. The van der Waals surface area contributed by atoms with Crippen LogP contribution in [0.5, 0.6) is 0 Å². The minimum Gasteiger partial charge on any atom is -0.396 e. The fourth-order valence-corrected chi connectivity index (χ4v) is 2.86. The van der Waals surface area contributed by atoms with Gasteiger partial charge in [-0.25, -0.2) is 0 Å². The van der Waals surface area contributed by atoms with Crippen molar-refractivity contribution < 1.29 is 14.7 Å². The molecule has 0 heterocycles. The molecule has 2 aliphatic rings. The summed E-state index contributed by atoms with van der Waals surface area (Å²) in [6.45, 7) is 0.137. The third-order valence-electron chi connectivity index (χ3n) is 3.93. The molecule has 0 aromatic heterocycles. The average molecular weight is 196 g/mol. The summed E-state index contributed by atoms with van der Waals surface area (Å²) in [5.74, 6) is 0.637. The van der Waals surface area contributed by atoms with Crippen LogP contribution in [0.25, 0.3) is 0 Å². The highest BCUT2D eigenvalue weighted by Crippen LogP contribution is 2.48. The molecule has 2 rings (SSSR count). The van der Waals surface area contributed by atoms with Gasteiger partial charge in [-0.15, -0.1) is 0 Å². The zero-order chi connectivity index (χ0) is 10.2. The molecule has 0 atom stereocenters. The van der Waals surface area contributed by atoms with Crippen molar-refractivity contribution in [2.75, 3.05) is 6.61 Å². The monoisotopic (exact) mass is 196 g/mol. The van der Waals surface area contributed by atoms with E-state index in [1.807, 2.05) is 0 Å². The van der Waals surface area contributed by atoms with Gasteiger partial charge in [-0.3, -0.25) is 9.59 Å². The Morgan fingerprint density at radius 3 is 2.07 bits per heavy atom. The van der Waals surface area contributed by atoms with E-state index in [2.05, 4.69) is 0 Å². The SMILES string of the molecule is O=C1CCC2(CO)CCC(=O)CC2C1. The average Bonchev–Trinajstić information content (AvgIpc) is 2.18. The molecule has 3 nitrogen and oxygen atoms in total. The van der Waals surface area contributed by atoms with Gasteiger partial charge in [0, 0.05) is 32.3 Å². The number of hydrogen-bond donors (Lipinski definition) is 1. The maximum atomic E-state index is 11.3. The second-order valence-corrected chi connectivity index (χ2v) is 4.70. The van der Waals surface area contributed by atoms with E-state index in [4.69, 9.17) is 0 Å². The topological polar surface area (TPSA) is 54.4 Å². The molecule has 2 saturated carbocycles. The second kappa shape index (κ2) is 3.46. The third-order valence-corrected chi connectivity index (χ3v) is 3.93. The first kappa shape index (κ1) is 9.84. The lowest BCUT2D eigenvalue weighted by Gasteiger charge is -2.45. The number of rotatable bonds is 1. The zero-order valence-electron chi connectivity index (χ0n) is 8.29. The van der Waals surface area contributed by atoms with Gasteiger partial charge in [-0.05, 0) is 24.2 Å². The molecule has 78 valence electrons. The number of aliphatic hydroxyl groups is 1. The molecular weight excluding hydrogens is 180 g/mol. The molecular formula is C11H16O3. The summed E-state index contributed by atoms with van der Waals surface area (Å²) in [4.78, 5) is 22.6. The summed E-state index contributed by atoms with van der Waals surface area (Å²) in [7, 11) is 0. The minimum atomic E-state index is -0.109. The van der Waals surface area contributed by atoms with Crippen molar-refractivity contribution in [1.29, 1.82) is 0 Å². The van der Waals surface area contributed by atoms with Crippen molar-refractivity contribution in [1.82, 2.24) is 0 Å². The Hall–Kier alpha value is -0.700. The second-order valence-electron chi connectivity index (χ2n) is 4.70. The van der Waals surface area contributed by atoms with E-state index in [9.17, 15) is 14.7 Å². The quantitative estimate of drug-likeness (QED) is 0.683. The smallest absolute Gasteiger partial charge is 0.133 e. The van der Waals surface area contributed by atoms with E-state index >= 15 is 0 Å². The molecule has 0 aliphatic heterocycles. The Bertz CT molecular complexity index is 248. The fraction of sp³-hybridized carbons (Fsp3) is 0.818. The molecule has 1 N–H and O–H groups in total. The van der Waals surface area contributed by atoms with Gasteiger partial charge in [-0.1, -0.05) is 0 Å². The van der Waals surface area contributed by atoms with Crippen molar-refractivity contribution >= 4 is 11.6 Å². The number of fused-ring (bicyclic) bond motifs is 1. The number of carbonyl (C=O) groups is 2. The predicted octanol–water partition coefficient (Wildman–Crippen LogP) is 1.09. The zero-order valence-corrected chi connectivity index (χ0v) is 8.29. The van der Waals surface area contributed by atoms with E-state index in [-0.39, 0.29) is 29.5 Å². The van der Waals surface area contributed by atoms with Crippen LogP contribution in [-0.2, 0) is 9.59 Å². The van der Waals surface area contributed by atoms with Gasteiger partial charge in [0.2, 0.25) is 0 Å². The summed E-state index contributed by atoms with van der Waals surface area (Å²) >= 11 is 0. The van der Waals surface area contributed by atoms with Gasteiger partial charge in [0.1, 0.15) is 11.6 Å². The van der Waals surface area contributed by atoms with Crippen molar-refractivity contribution in [2.45, 2.75) is 38.5 Å². The molecule has 0 saturated heterocycles. The fourth-order valence-electron chi connectivity index (χ4n) is 2.86. The van der Waals surface area contributed by atoms with Gasteiger partial charge in [0.15, 0.2) is 0 Å². The standard InChI is InChI=1S/C11H16O3/c12-7-11-3-1-9(13)5-8(11)6-10(14)2-4-11/h8,12H,1-7H2. The predicted molar refractivity (Wildman–Crippen MR) is 50.7 cm³/mol. The molecule has 3 heteroatoms. The number of aliphatic hydroxyl groups excluding tert-OH is 1. The number of ketones is 2. The first-order valence-corrected chi connectivity index (χ1v) is 5.30. The Morgan fingerprint density at radius 1 is 1.14 bits per heavy atom. The van der Waals surface area contributed by atoms with E-state index in [0.29, 0.717) is 25.7 Å². The molecule has 0 bridgehead atoms. The third kappa shape index (κ3) is 1.50. The van der Waals surface area contributed by atoms with Crippen LogP contribution in [0.3, 0.4) is 0 Å². The van der Waals surface area contributed by atoms with Crippen LogP contribution in [0, 0.1) is 11.3 Å². The van der Waals surface area contributed by atoms with Gasteiger partial charge >= 0.3 is 0 Å². The number of hydrogen-bond acceptors (Lipinski definition) is 3. The summed E-state index contributed by atoms with van der Waals surface area (Å²) in [5, 5.41) is 9.43. The highest BCUT2D eigenvalue weighted by atomic mass is 16.3. The van der Waals surface area contributed by atoms with E-state index in [0.717, 1.165) is 12.8 Å². The molecule has 2 fully saturated rings.